The molecule has 4 heteroatoms. The largest absolute Gasteiger partial charge is 0.393 e. The van der Waals surface area contributed by atoms with Crippen molar-refractivity contribution >= 4 is 0 Å². The zero-order valence-electron chi connectivity index (χ0n) is 19.6. The summed E-state index contributed by atoms with van der Waals surface area (Å²) in [5.74, 6) is 0. The molecule has 0 fully saturated rings. The Morgan fingerprint density at radius 1 is 0.731 bits per heavy atom. The molecule has 26 heavy (non-hydrogen) atoms. The fourth-order valence-corrected chi connectivity index (χ4v) is 0.340. The van der Waals surface area contributed by atoms with E-state index >= 15 is 0 Å². The molecule has 1 aliphatic carbocycles. The Morgan fingerprint density at radius 2 is 0.962 bits per heavy atom. The minimum Gasteiger partial charge on any atom is -0.393 e. The van der Waals surface area contributed by atoms with Gasteiger partial charge in [0, 0.05) is 21.7 Å². The Balaban J connectivity index is -0.0000000197. The van der Waals surface area contributed by atoms with E-state index in [2.05, 4.69) is 12.2 Å². The summed E-state index contributed by atoms with van der Waals surface area (Å²) in [6, 6.07) is 0. The Hall–Kier alpha value is 0.0743. The number of aliphatic hydroxyl groups excluding tert-OH is 3. The van der Waals surface area contributed by atoms with Crippen molar-refractivity contribution in [2.24, 2.45) is 0 Å². The fourth-order valence-electron chi connectivity index (χ4n) is 0.340. The maximum atomic E-state index is 8.36. The third-order valence-corrected chi connectivity index (χ3v) is 2.36. The third-order valence-electron chi connectivity index (χ3n) is 2.36. The van der Waals surface area contributed by atoms with E-state index in [4.69, 9.17) is 15.3 Å². The van der Waals surface area contributed by atoms with E-state index in [9.17, 15) is 0 Å². The molecular formula is C22H50O3Ti-6. The number of allylic oxidation sites excluding steroid dienone is 4. The normalized spacial score (nSPS) is 12.0. The van der Waals surface area contributed by atoms with Crippen LogP contribution in [0, 0.1) is 43.2 Å². The summed E-state index contributed by atoms with van der Waals surface area (Å²) < 4.78 is 0. The molecular weight excluding hydrogens is 360 g/mol. The molecule has 0 bridgehead atoms. The van der Waals surface area contributed by atoms with Gasteiger partial charge >= 0.3 is 0 Å². The first-order chi connectivity index (χ1) is 9.31. The van der Waals surface area contributed by atoms with Gasteiger partial charge in [-0.3, -0.25) is 6.08 Å². The average molecular weight is 411 g/mol. The van der Waals surface area contributed by atoms with E-state index in [0.717, 1.165) is 25.7 Å². The molecule has 0 aromatic carbocycles. The molecule has 0 spiro atoms. The van der Waals surface area contributed by atoms with Crippen molar-refractivity contribution < 1.29 is 37.0 Å². The van der Waals surface area contributed by atoms with Crippen LogP contribution >= 0.6 is 0 Å². The smallest absolute Gasteiger partial charge is 0.0509 e. The maximum absolute atomic E-state index is 8.36. The molecule has 3 atom stereocenters. The summed E-state index contributed by atoms with van der Waals surface area (Å²) in [7, 11) is 0. The molecule has 0 heterocycles. The van der Waals surface area contributed by atoms with Crippen LogP contribution in [-0.2, 0) is 21.7 Å². The molecule has 1 aliphatic rings. The topological polar surface area (TPSA) is 60.7 Å². The Morgan fingerprint density at radius 3 is 1.00 bits per heavy atom. The minimum atomic E-state index is -0.116. The summed E-state index contributed by atoms with van der Waals surface area (Å²) in [5, 5.41) is 25.1. The summed E-state index contributed by atoms with van der Waals surface area (Å²) >= 11 is 0. The first-order valence-electron chi connectivity index (χ1n) is 7.57. The first-order valence-corrected chi connectivity index (χ1v) is 7.57. The maximum Gasteiger partial charge on any atom is 0.0509 e. The van der Waals surface area contributed by atoms with Crippen molar-refractivity contribution in [2.45, 2.75) is 85.5 Å². The number of hydrogen-bond donors (Lipinski definition) is 3. The Labute approximate surface area is 183 Å². The van der Waals surface area contributed by atoms with Crippen LogP contribution in [0.4, 0.5) is 0 Å². The molecule has 0 aromatic rings. The van der Waals surface area contributed by atoms with Crippen molar-refractivity contribution in [3.05, 3.63) is 61.4 Å². The van der Waals surface area contributed by atoms with Crippen LogP contribution in [0.5, 0.6) is 0 Å². The van der Waals surface area contributed by atoms with Gasteiger partial charge in [-0.1, -0.05) is 20.8 Å². The minimum absolute atomic E-state index is 0. The summed E-state index contributed by atoms with van der Waals surface area (Å²) in [6.07, 6.45) is 12.2. The number of rotatable bonds is 3. The zero-order chi connectivity index (χ0) is 16.4. The quantitative estimate of drug-likeness (QED) is 0.402. The monoisotopic (exact) mass is 410 g/mol. The van der Waals surface area contributed by atoms with E-state index in [1.807, 2.05) is 32.9 Å². The molecule has 3 nitrogen and oxygen atoms in total. The van der Waals surface area contributed by atoms with Gasteiger partial charge in [0.25, 0.3) is 0 Å². The molecule has 0 aliphatic heterocycles. The zero-order valence-corrected chi connectivity index (χ0v) is 21.2. The predicted octanol–water partition coefficient (Wildman–Crippen LogP) is 5.89. The molecule has 3 unspecified atom stereocenters. The van der Waals surface area contributed by atoms with Crippen molar-refractivity contribution in [3.8, 4) is 0 Å². The van der Waals surface area contributed by atoms with Crippen molar-refractivity contribution in [1.82, 2.24) is 0 Å². The van der Waals surface area contributed by atoms with E-state index in [-0.39, 0.29) is 77.2 Å². The van der Waals surface area contributed by atoms with Crippen LogP contribution in [-0.4, -0.2) is 33.6 Å². The van der Waals surface area contributed by atoms with Crippen LogP contribution in [0.3, 0.4) is 0 Å². The van der Waals surface area contributed by atoms with E-state index < -0.39 is 0 Å². The van der Waals surface area contributed by atoms with Gasteiger partial charge in [0.15, 0.2) is 0 Å². The van der Waals surface area contributed by atoms with Crippen LogP contribution in [0.2, 0.25) is 0 Å². The average Bonchev–Trinajstić information content (AvgIpc) is 2.99. The molecule has 0 saturated heterocycles. The fraction of sp³-hybridized carbons (Fsp3) is 0.591. The van der Waals surface area contributed by atoms with Crippen LogP contribution in [0.1, 0.15) is 67.2 Å². The molecule has 0 amide bonds. The van der Waals surface area contributed by atoms with Crippen LogP contribution in [0.15, 0.2) is 18.2 Å². The van der Waals surface area contributed by atoms with E-state index in [1.54, 1.807) is 20.8 Å². The molecule has 0 radical (unpaired) electrons. The third kappa shape index (κ3) is 105. The first kappa shape index (κ1) is 56.2. The Kier molecular flexibility index (Phi) is 108. The predicted molar refractivity (Wildman–Crippen MR) is 120 cm³/mol. The summed E-state index contributed by atoms with van der Waals surface area (Å²) in [5.41, 5.74) is 0. The Bertz CT molecular complexity index is 184. The van der Waals surface area contributed by atoms with Crippen LogP contribution < -0.4 is 0 Å². The second-order valence-corrected chi connectivity index (χ2v) is 4.77. The second kappa shape index (κ2) is 49.8. The van der Waals surface area contributed by atoms with Crippen molar-refractivity contribution in [3.63, 3.8) is 0 Å². The molecule has 166 valence electrons. The SMILES string of the molecule is CCC(C)O.CCC(C)O.CCC(C)O.[C-]1=CC=CC1.[CH3-].[CH3-].[CH3-].[CH3-].[CH3-].[Ti]. The summed E-state index contributed by atoms with van der Waals surface area (Å²) in [6.45, 7) is 11.2. The molecule has 0 saturated carbocycles. The number of hydrogen-bond acceptors (Lipinski definition) is 3. The van der Waals surface area contributed by atoms with Crippen molar-refractivity contribution in [2.75, 3.05) is 0 Å². The van der Waals surface area contributed by atoms with Gasteiger partial charge < -0.3 is 52.5 Å². The second-order valence-electron chi connectivity index (χ2n) is 4.77. The van der Waals surface area contributed by atoms with Gasteiger partial charge in [-0.05, 0) is 40.0 Å². The van der Waals surface area contributed by atoms with Gasteiger partial charge in [-0.2, -0.15) is 6.08 Å². The number of aliphatic hydroxyl groups is 3. The van der Waals surface area contributed by atoms with Gasteiger partial charge in [-0.15, -0.1) is 6.42 Å². The van der Waals surface area contributed by atoms with Gasteiger partial charge in [-0.25, -0.2) is 12.2 Å². The summed E-state index contributed by atoms with van der Waals surface area (Å²) in [4.78, 5) is 0. The van der Waals surface area contributed by atoms with E-state index in [0.29, 0.717) is 0 Å². The molecule has 1 rings (SSSR count). The van der Waals surface area contributed by atoms with Crippen molar-refractivity contribution in [1.29, 1.82) is 0 Å². The van der Waals surface area contributed by atoms with E-state index in [1.165, 1.54) is 0 Å². The van der Waals surface area contributed by atoms with Crippen LogP contribution in [0.25, 0.3) is 0 Å². The van der Waals surface area contributed by atoms with Gasteiger partial charge in [0.1, 0.15) is 0 Å². The molecule has 0 aromatic heterocycles. The van der Waals surface area contributed by atoms with Gasteiger partial charge in [0.2, 0.25) is 0 Å². The molecule has 3 N–H and O–H groups in total. The van der Waals surface area contributed by atoms with Gasteiger partial charge in [0.05, 0.1) is 18.3 Å². The standard InChI is InChI=1S/C5H5.3C4H10O.5CH3.Ti/c1-2-4-5-3-1;3*1-3-4(2)5;;;;;;/h1-3H,4H2;3*4-5H,3H2,1-2H3;5*1H3;/q-1;;;;5*-1;.